The summed E-state index contributed by atoms with van der Waals surface area (Å²) in [7, 11) is -1.35. The van der Waals surface area contributed by atoms with Crippen molar-refractivity contribution < 1.29 is 20.1 Å². The third kappa shape index (κ3) is 8.57. The molecular formula is C51H54IrN3SSi. The van der Waals surface area contributed by atoms with Gasteiger partial charge in [0.2, 0.25) is 0 Å². The molecular weight excluding hydrogens is 907 g/mol. The van der Waals surface area contributed by atoms with Gasteiger partial charge in [0.1, 0.15) is 0 Å². The molecule has 7 aromatic rings. The average Bonchev–Trinajstić information content (AvgIpc) is 3.95. The summed E-state index contributed by atoms with van der Waals surface area (Å²) in [5.74, 6) is 1.70. The van der Waals surface area contributed by atoms with Crippen LogP contribution in [0.25, 0.3) is 36.7 Å². The second kappa shape index (κ2) is 17.4. The maximum Gasteiger partial charge on any atom is 3.00 e. The average molecular weight is 961 g/mol. The van der Waals surface area contributed by atoms with E-state index >= 15 is 0 Å². The van der Waals surface area contributed by atoms with Gasteiger partial charge in [0, 0.05) is 22.3 Å². The molecule has 1 atom stereocenters. The van der Waals surface area contributed by atoms with Gasteiger partial charge in [-0.05, 0) is 69.9 Å². The molecule has 0 saturated heterocycles. The Morgan fingerprint density at radius 1 is 0.789 bits per heavy atom. The number of anilines is 2. The number of hydrogen-bond acceptors (Lipinski definition) is 3. The van der Waals surface area contributed by atoms with E-state index in [-0.39, 0.29) is 26.3 Å². The number of pyridine rings is 1. The minimum absolute atomic E-state index is 0. The Labute approximate surface area is 359 Å². The van der Waals surface area contributed by atoms with E-state index in [1.54, 1.807) is 10.8 Å². The van der Waals surface area contributed by atoms with Gasteiger partial charge in [0.25, 0.3) is 0 Å². The molecule has 2 aliphatic rings. The molecule has 1 aliphatic carbocycles. The number of rotatable bonds is 8. The second-order valence-electron chi connectivity index (χ2n) is 17.3. The molecule has 5 aromatic carbocycles. The summed E-state index contributed by atoms with van der Waals surface area (Å²) in [6, 6.07) is 45.9. The van der Waals surface area contributed by atoms with Crippen molar-refractivity contribution in [2.75, 3.05) is 4.90 Å². The molecule has 1 fully saturated rings. The zero-order chi connectivity index (χ0) is 39.0. The molecule has 0 spiro atoms. The molecule has 2 aromatic heterocycles. The monoisotopic (exact) mass is 961 g/mol. The maximum absolute atomic E-state index is 5.25. The van der Waals surface area contributed by atoms with Crippen LogP contribution in [0.15, 0.2) is 115 Å². The summed E-state index contributed by atoms with van der Waals surface area (Å²) >= 11 is 1.83. The second-order valence-corrected chi connectivity index (χ2v) is 23.5. The van der Waals surface area contributed by atoms with Gasteiger partial charge in [-0.15, -0.1) is 47.0 Å². The number of para-hydroxylation sites is 3. The van der Waals surface area contributed by atoms with E-state index in [0.717, 1.165) is 28.4 Å². The van der Waals surface area contributed by atoms with Gasteiger partial charge in [-0.25, -0.2) is 11.3 Å². The van der Waals surface area contributed by atoms with Crippen molar-refractivity contribution in [3.63, 3.8) is 0 Å². The summed E-state index contributed by atoms with van der Waals surface area (Å²) in [4.78, 5) is 7.22. The predicted octanol–water partition coefficient (Wildman–Crippen LogP) is 14.8. The summed E-state index contributed by atoms with van der Waals surface area (Å²) in [5, 5.41) is 9.39. The Bertz CT molecular complexity index is 2430. The van der Waals surface area contributed by atoms with E-state index < -0.39 is 8.07 Å². The number of nitrogens with zero attached hydrogens (tertiary/aromatic N) is 3. The molecule has 0 bridgehead atoms. The third-order valence-corrected chi connectivity index (χ3v) is 14.8. The summed E-state index contributed by atoms with van der Waals surface area (Å²) in [5.41, 5.74) is 11.1. The van der Waals surface area contributed by atoms with Crippen LogP contribution in [-0.4, -0.2) is 13.1 Å². The molecule has 3 heterocycles. The van der Waals surface area contributed by atoms with E-state index in [1.807, 2.05) is 23.5 Å². The van der Waals surface area contributed by atoms with E-state index in [2.05, 4.69) is 168 Å². The smallest absolute Gasteiger partial charge is 0.661 e. The fourth-order valence-corrected chi connectivity index (χ4v) is 11.4. The van der Waals surface area contributed by atoms with Crippen molar-refractivity contribution in [3.8, 4) is 11.3 Å². The molecule has 6 heteroatoms. The number of hydrogen-bond donors (Lipinski definition) is 0. The SMILES string of the molecule is CC(C)c1cccc(C(C)C)c1N1c2ccccc2[N-]C1c1[c-]cc2sc3ccccc3c2c1.C[Si](C)(C)c1cnc(-c2[c-]cccc2)cc1CC1CCCC1.[Ir+3]. The Hall–Kier alpha value is -4.06. The molecule has 1 aliphatic heterocycles. The quantitative estimate of drug-likeness (QED) is 0.112. The fraction of sp³-hybridized carbons (Fsp3) is 0.314. The molecule has 1 unspecified atom stereocenters. The van der Waals surface area contributed by atoms with Crippen molar-refractivity contribution >= 4 is 61.8 Å². The topological polar surface area (TPSA) is 30.2 Å². The molecule has 0 N–H and O–H groups in total. The van der Waals surface area contributed by atoms with Gasteiger partial charge >= 0.3 is 20.1 Å². The van der Waals surface area contributed by atoms with Crippen LogP contribution in [0.5, 0.6) is 0 Å². The molecule has 57 heavy (non-hydrogen) atoms. The van der Waals surface area contributed by atoms with Crippen LogP contribution in [0, 0.1) is 18.1 Å². The van der Waals surface area contributed by atoms with Gasteiger partial charge < -0.3 is 15.2 Å². The van der Waals surface area contributed by atoms with Crippen LogP contribution >= 0.6 is 11.3 Å². The minimum atomic E-state index is -1.35. The first-order valence-electron chi connectivity index (χ1n) is 20.6. The van der Waals surface area contributed by atoms with Gasteiger partial charge in [-0.2, -0.15) is 23.8 Å². The summed E-state index contributed by atoms with van der Waals surface area (Å²) < 4.78 is 2.59. The summed E-state index contributed by atoms with van der Waals surface area (Å²) in [6.45, 7) is 16.4. The molecule has 9 rings (SSSR count). The van der Waals surface area contributed by atoms with Gasteiger partial charge in [0.15, 0.2) is 0 Å². The van der Waals surface area contributed by atoms with Crippen LogP contribution in [-0.2, 0) is 26.5 Å². The van der Waals surface area contributed by atoms with Crippen molar-refractivity contribution in [1.82, 2.24) is 4.98 Å². The van der Waals surface area contributed by atoms with Crippen molar-refractivity contribution in [3.05, 3.63) is 155 Å². The minimum Gasteiger partial charge on any atom is -0.661 e. The number of aromatic nitrogens is 1. The van der Waals surface area contributed by atoms with Crippen LogP contribution in [0.4, 0.5) is 17.1 Å². The zero-order valence-corrected chi connectivity index (χ0v) is 38.6. The van der Waals surface area contributed by atoms with Crippen LogP contribution in [0.2, 0.25) is 19.6 Å². The van der Waals surface area contributed by atoms with Crippen LogP contribution in [0.3, 0.4) is 0 Å². The standard InChI is InChI=1S/C31H28N2S.C20H26NSi.Ir/c1-19(2)22-11-9-12-23(20(3)4)30(22)33-27-14-7-6-13-26(27)32-31(33)21-16-17-29-25(18-21)24-10-5-8-15-28(24)34-29;1-22(2,3)20-15-21-19(17-11-5-4-6-12-17)14-18(20)13-16-9-7-8-10-16;/h5-15,17-20,31H,1-4H3;4-6,11,14-16H,7-10,13H2,1-3H3;/q-2;-1;+3. The zero-order valence-electron chi connectivity index (χ0n) is 34.4. The molecule has 292 valence electrons. The maximum atomic E-state index is 5.25. The van der Waals surface area contributed by atoms with E-state index in [0.29, 0.717) is 11.8 Å². The Kier molecular flexibility index (Phi) is 12.6. The van der Waals surface area contributed by atoms with Gasteiger partial charge in [-0.1, -0.05) is 144 Å². The Morgan fingerprint density at radius 2 is 1.49 bits per heavy atom. The predicted molar refractivity (Wildman–Crippen MR) is 244 cm³/mol. The largest absolute Gasteiger partial charge is 3.00 e. The normalized spacial score (nSPS) is 15.5. The van der Waals surface area contributed by atoms with Crippen molar-refractivity contribution in [2.45, 2.75) is 97.4 Å². The first kappa shape index (κ1) is 41.1. The Morgan fingerprint density at radius 3 is 2.19 bits per heavy atom. The molecule has 1 saturated carbocycles. The van der Waals surface area contributed by atoms with Crippen LogP contribution < -0.4 is 10.1 Å². The number of thiophene rings is 1. The summed E-state index contributed by atoms with van der Waals surface area (Å²) in [6.07, 6.45) is 8.89. The van der Waals surface area contributed by atoms with Gasteiger partial charge in [0.05, 0.1) is 8.07 Å². The Balaban J connectivity index is 0.000000188. The van der Waals surface area contributed by atoms with E-state index in [1.165, 1.54) is 74.8 Å². The van der Waals surface area contributed by atoms with E-state index in [9.17, 15) is 0 Å². The number of fused-ring (bicyclic) bond motifs is 4. The molecule has 3 nitrogen and oxygen atoms in total. The fourth-order valence-electron chi connectivity index (χ4n) is 8.74. The van der Waals surface area contributed by atoms with Crippen LogP contribution in [0.1, 0.15) is 93.6 Å². The van der Waals surface area contributed by atoms with Crippen molar-refractivity contribution in [2.24, 2.45) is 5.92 Å². The number of benzene rings is 5. The van der Waals surface area contributed by atoms with E-state index in [4.69, 9.17) is 10.3 Å². The van der Waals surface area contributed by atoms with Crippen molar-refractivity contribution in [1.29, 1.82) is 0 Å². The molecule has 0 radical (unpaired) electrons. The third-order valence-electron chi connectivity index (χ3n) is 11.6. The first-order valence-corrected chi connectivity index (χ1v) is 24.9. The first-order chi connectivity index (χ1) is 27.1. The molecule has 0 amide bonds. The van der Waals surface area contributed by atoms with Gasteiger partial charge in [-0.3, -0.25) is 0 Å².